The number of ketones is 1. The van der Waals surface area contributed by atoms with Crippen LogP contribution in [0, 0.1) is 12.7 Å². The van der Waals surface area contributed by atoms with Crippen molar-refractivity contribution >= 4 is 33.8 Å². The molecule has 0 unspecified atom stereocenters. The summed E-state index contributed by atoms with van der Waals surface area (Å²) >= 11 is 1.19. The number of carbonyl (C=O) groups excluding carboxylic acids is 2. The quantitative estimate of drug-likeness (QED) is 0.461. The SMILES string of the molecule is CCOC(=O)c1c(Nc2ccccc2)sc(C(=O)c2ccc(F)cc2)c1C. The summed E-state index contributed by atoms with van der Waals surface area (Å²) in [6.07, 6.45) is 0. The van der Waals surface area contributed by atoms with Crippen LogP contribution in [0.3, 0.4) is 0 Å². The van der Waals surface area contributed by atoms with Crippen molar-refractivity contribution in [3.8, 4) is 0 Å². The van der Waals surface area contributed by atoms with Crippen molar-refractivity contribution in [3.63, 3.8) is 0 Å². The highest BCUT2D eigenvalue weighted by Gasteiger charge is 2.26. The summed E-state index contributed by atoms with van der Waals surface area (Å²) in [5, 5.41) is 3.74. The van der Waals surface area contributed by atoms with Crippen LogP contribution >= 0.6 is 11.3 Å². The summed E-state index contributed by atoms with van der Waals surface area (Å²) in [6.45, 7) is 3.68. The molecule has 4 nitrogen and oxygen atoms in total. The van der Waals surface area contributed by atoms with Gasteiger partial charge in [0.05, 0.1) is 17.0 Å². The van der Waals surface area contributed by atoms with Crippen LogP contribution in [-0.4, -0.2) is 18.4 Å². The van der Waals surface area contributed by atoms with E-state index in [0.717, 1.165) is 5.69 Å². The Bertz CT molecular complexity index is 965. The van der Waals surface area contributed by atoms with Gasteiger partial charge in [0, 0.05) is 11.3 Å². The molecule has 0 saturated heterocycles. The number of ether oxygens (including phenoxy) is 1. The Morgan fingerprint density at radius 3 is 2.37 bits per heavy atom. The van der Waals surface area contributed by atoms with E-state index in [4.69, 9.17) is 4.74 Å². The maximum absolute atomic E-state index is 13.2. The smallest absolute Gasteiger partial charge is 0.341 e. The highest BCUT2D eigenvalue weighted by Crippen LogP contribution is 2.37. The second-order valence-corrected chi connectivity index (χ2v) is 6.83. The van der Waals surface area contributed by atoms with Gasteiger partial charge in [-0.3, -0.25) is 4.79 Å². The van der Waals surface area contributed by atoms with Crippen molar-refractivity contribution in [1.29, 1.82) is 0 Å². The molecule has 27 heavy (non-hydrogen) atoms. The summed E-state index contributed by atoms with van der Waals surface area (Å²) in [7, 11) is 0. The number of anilines is 2. The average molecular weight is 383 g/mol. The third kappa shape index (κ3) is 4.06. The molecule has 0 aliphatic heterocycles. The second kappa shape index (κ2) is 8.14. The van der Waals surface area contributed by atoms with Crippen LogP contribution in [0.2, 0.25) is 0 Å². The molecule has 3 rings (SSSR count). The van der Waals surface area contributed by atoms with Crippen LogP contribution in [0.4, 0.5) is 15.1 Å². The molecule has 0 atom stereocenters. The Kier molecular flexibility index (Phi) is 5.66. The Labute approximate surface area is 160 Å². The maximum Gasteiger partial charge on any atom is 0.341 e. The van der Waals surface area contributed by atoms with Crippen LogP contribution in [0.1, 0.15) is 38.1 Å². The molecule has 0 spiro atoms. The largest absolute Gasteiger partial charge is 0.462 e. The average Bonchev–Trinajstić information content (AvgIpc) is 2.99. The fourth-order valence-electron chi connectivity index (χ4n) is 2.65. The molecule has 138 valence electrons. The van der Waals surface area contributed by atoms with Crippen LogP contribution in [0.5, 0.6) is 0 Å². The molecule has 1 heterocycles. The lowest BCUT2D eigenvalue weighted by Gasteiger charge is -2.07. The summed E-state index contributed by atoms with van der Waals surface area (Å²) < 4.78 is 18.3. The summed E-state index contributed by atoms with van der Waals surface area (Å²) in [5.74, 6) is -1.15. The maximum atomic E-state index is 13.2. The lowest BCUT2D eigenvalue weighted by Crippen LogP contribution is -2.08. The topological polar surface area (TPSA) is 55.4 Å². The number of rotatable bonds is 6. The first-order chi connectivity index (χ1) is 13.0. The van der Waals surface area contributed by atoms with Crippen molar-refractivity contribution in [3.05, 3.63) is 82.0 Å². The van der Waals surface area contributed by atoms with E-state index in [-0.39, 0.29) is 12.4 Å². The Hall–Kier alpha value is -2.99. The minimum atomic E-state index is -0.483. The van der Waals surface area contributed by atoms with Gasteiger partial charge in [-0.25, -0.2) is 9.18 Å². The predicted molar refractivity (Wildman–Crippen MR) is 105 cm³/mol. The van der Waals surface area contributed by atoms with Gasteiger partial charge in [0.2, 0.25) is 5.78 Å². The van der Waals surface area contributed by atoms with E-state index in [1.165, 1.54) is 35.6 Å². The summed E-state index contributed by atoms with van der Waals surface area (Å²) in [6, 6.07) is 14.7. The van der Waals surface area contributed by atoms with Gasteiger partial charge in [-0.1, -0.05) is 18.2 Å². The molecule has 1 N–H and O–H groups in total. The number of benzene rings is 2. The number of carbonyl (C=O) groups is 2. The second-order valence-electron chi connectivity index (χ2n) is 5.81. The number of hydrogen-bond donors (Lipinski definition) is 1. The van der Waals surface area contributed by atoms with Gasteiger partial charge in [0.25, 0.3) is 0 Å². The number of para-hydroxylation sites is 1. The zero-order valence-electron chi connectivity index (χ0n) is 14.9. The number of esters is 1. The third-order valence-corrected chi connectivity index (χ3v) is 5.18. The molecular formula is C21H18FNO3S. The zero-order chi connectivity index (χ0) is 19.4. The van der Waals surface area contributed by atoms with E-state index < -0.39 is 11.8 Å². The van der Waals surface area contributed by atoms with Crippen molar-refractivity contribution in [2.24, 2.45) is 0 Å². The number of nitrogens with one attached hydrogen (secondary N) is 1. The van der Waals surface area contributed by atoms with E-state index in [9.17, 15) is 14.0 Å². The van der Waals surface area contributed by atoms with E-state index in [2.05, 4.69) is 5.32 Å². The highest BCUT2D eigenvalue weighted by molar-refractivity contribution is 7.18. The molecule has 0 radical (unpaired) electrons. The minimum absolute atomic E-state index is 0.236. The third-order valence-electron chi connectivity index (χ3n) is 3.97. The van der Waals surface area contributed by atoms with Crippen LogP contribution in [0.25, 0.3) is 0 Å². The fourth-order valence-corrected chi connectivity index (χ4v) is 3.83. The number of halogens is 1. The van der Waals surface area contributed by atoms with Gasteiger partial charge >= 0.3 is 5.97 Å². The first-order valence-electron chi connectivity index (χ1n) is 8.44. The van der Waals surface area contributed by atoms with E-state index >= 15 is 0 Å². The molecule has 0 saturated carbocycles. The molecule has 3 aromatic rings. The lowest BCUT2D eigenvalue weighted by atomic mass is 10.0. The van der Waals surface area contributed by atoms with Crippen LogP contribution in [0.15, 0.2) is 54.6 Å². The van der Waals surface area contributed by atoms with Gasteiger partial charge in [0.15, 0.2) is 0 Å². The molecule has 2 aromatic carbocycles. The molecule has 0 aliphatic carbocycles. The molecule has 1 aromatic heterocycles. The van der Waals surface area contributed by atoms with Gasteiger partial charge in [-0.2, -0.15) is 0 Å². The summed E-state index contributed by atoms with van der Waals surface area (Å²) in [4.78, 5) is 25.8. The molecule has 0 bridgehead atoms. The lowest BCUT2D eigenvalue weighted by molar-refractivity contribution is 0.0527. The van der Waals surface area contributed by atoms with Crippen molar-refractivity contribution in [2.75, 3.05) is 11.9 Å². The van der Waals surface area contributed by atoms with Gasteiger partial charge in [-0.05, 0) is 55.8 Å². The molecular weight excluding hydrogens is 365 g/mol. The first-order valence-corrected chi connectivity index (χ1v) is 9.25. The Balaban J connectivity index is 2.04. The van der Waals surface area contributed by atoms with Crippen LogP contribution in [-0.2, 0) is 4.74 Å². The van der Waals surface area contributed by atoms with Crippen molar-refractivity contribution in [2.45, 2.75) is 13.8 Å². The Morgan fingerprint density at radius 2 is 1.74 bits per heavy atom. The molecule has 0 amide bonds. The number of hydrogen-bond acceptors (Lipinski definition) is 5. The van der Waals surface area contributed by atoms with Crippen LogP contribution < -0.4 is 5.32 Å². The van der Waals surface area contributed by atoms with Gasteiger partial charge in [0.1, 0.15) is 10.8 Å². The van der Waals surface area contributed by atoms with Gasteiger partial charge < -0.3 is 10.1 Å². The predicted octanol–water partition coefficient (Wildman–Crippen LogP) is 5.35. The van der Waals surface area contributed by atoms with Gasteiger partial charge in [-0.15, -0.1) is 11.3 Å². The first kappa shape index (κ1) is 18.8. The normalized spacial score (nSPS) is 10.5. The fraction of sp³-hybridized carbons (Fsp3) is 0.143. The molecule has 0 aliphatic rings. The van der Waals surface area contributed by atoms with E-state index in [0.29, 0.717) is 26.6 Å². The standard InChI is InChI=1S/C21H18FNO3S/c1-3-26-21(25)17-13(2)19(18(24)14-9-11-15(22)12-10-14)27-20(17)23-16-7-5-4-6-8-16/h4-12,23H,3H2,1-2H3. The molecule has 6 heteroatoms. The Morgan fingerprint density at radius 1 is 1.07 bits per heavy atom. The highest BCUT2D eigenvalue weighted by atomic mass is 32.1. The zero-order valence-corrected chi connectivity index (χ0v) is 15.7. The van der Waals surface area contributed by atoms with Crippen molar-refractivity contribution < 1.29 is 18.7 Å². The minimum Gasteiger partial charge on any atom is -0.462 e. The van der Waals surface area contributed by atoms with E-state index in [1.807, 2.05) is 30.3 Å². The number of thiophene rings is 1. The monoisotopic (exact) mass is 383 g/mol. The van der Waals surface area contributed by atoms with E-state index in [1.54, 1.807) is 13.8 Å². The van der Waals surface area contributed by atoms with Crippen molar-refractivity contribution in [1.82, 2.24) is 0 Å². The summed E-state index contributed by atoms with van der Waals surface area (Å²) in [5.41, 5.74) is 2.05. The molecule has 0 fully saturated rings.